The zero-order chi connectivity index (χ0) is 15.7. The van der Waals surface area contributed by atoms with Crippen LogP contribution >= 0.6 is 0 Å². The Kier molecular flexibility index (Phi) is 3.40. The summed E-state index contributed by atoms with van der Waals surface area (Å²) in [6.45, 7) is 2.38. The van der Waals surface area contributed by atoms with Crippen molar-refractivity contribution in [3.63, 3.8) is 0 Å². The Hall–Kier alpha value is -3.06. The van der Waals surface area contributed by atoms with E-state index in [1.54, 1.807) is 18.2 Å². The zero-order valence-corrected chi connectivity index (χ0v) is 12.0. The first-order chi connectivity index (χ1) is 10.6. The molecule has 1 aliphatic heterocycles. The van der Waals surface area contributed by atoms with E-state index in [1.165, 1.54) is 6.07 Å². The average Bonchev–Trinajstić information content (AvgIpc) is 2.53. The van der Waals surface area contributed by atoms with Crippen molar-refractivity contribution in [3.05, 3.63) is 70.3 Å². The number of nitriles is 1. The van der Waals surface area contributed by atoms with E-state index < -0.39 is 5.97 Å². The van der Waals surface area contributed by atoms with Crippen molar-refractivity contribution >= 4 is 11.5 Å². The van der Waals surface area contributed by atoms with Crippen molar-refractivity contribution in [2.75, 3.05) is 6.61 Å². The van der Waals surface area contributed by atoms with Crippen LogP contribution in [0, 0.1) is 18.3 Å². The molecule has 22 heavy (non-hydrogen) atoms. The summed E-state index contributed by atoms with van der Waals surface area (Å²) in [4.78, 5) is 11.2. The van der Waals surface area contributed by atoms with Gasteiger partial charge in [0, 0.05) is 5.56 Å². The van der Waals surface area contributed by atoms with Gasteiger partial charge in [0.25, 0.3) is 0 Å². The molecule has 4 nitrogen and oxygen atoms in total. The number of nitrogens with zero attached hydrogens (tertiary/aromatic N) is 1. The fourth-order valence-corrected chi connectivity index (χ4v) is 2.61. The van der Waals surface area contributed by atoms with Gasteiger partial charge in [-0.15, -0.1) is 0 Å². The molecule has 0 saturated carbocycles. The molecule has 0 saturated heterocycles. The lowest BCUT2D eigenvalue weighted by Gasteiger charge is -2.20. The summed E-state index contributed by atoms with van der Waals surface area (Å²) in [7, 11) is 0. The summed E-state index contributed by atoms with van der Waals surface area (Å²) in [5.74, 6) is -0.296. The Labute approximate surface area is 127 Å². The highest BCUT2D eigenvalue weighted by Gasteiger charge is 2.19. The van der Waals surface area contributed by atoms with Crippen LogP contribution in [0.3, 0.4) is 0 Å². The number of carboxylic acids is 1. The predicted octanol–water partition coefficient (Wildman–Crippen LogP) is 3.39. The second kappa shape index (κ2) is 5.38. The van der Waals surface area contributed by atoms with Gasteiger partial charge in [-0.25, -0.2) is 4.79 Å². The number of hydrogen-bond acceptors (Lipinski definition) is 3. The van der Waals surface area contributed by atoms with Gasteiger partial charge in [-0.05, 0) is 60.0 Å². The van der Waals surface area contributed by atoms with E-state index in [-0.39, 0.29) is 5.56 Å². The molecule has 2 aromatic rings. The first-order valence-electron chi connectivity index (χ1n) is 6.82. The maximum absolute atomic E-state index is 11.2. The standard InChI is InChI=1S/C18H13NO3/c1-11-8-12(10-19)2-4-14(11)15-6-7-22-17-5-3-13(18(20)21)9-16(15)17/h2-6,8-9H,7H2,1H3,(H,20,21). The van der Waals surface area contributed by atoms with Crippen molar-refractivity contribution in [1.29, 1.82) is 5.26 Å². The summed E-state index contributed by atoms with van der Waals surface area (Å²) in [6, 6.07) is 12.4. The molecule has 108 valence electrons. The number of carboxylic acid groups (broad SMARTS) is 1. The number of fused-ring (bicyclic) bond motifs is 1. The van der Waals surface area contributed by atoms with Crippen LogP contribution in [0.4, 0.5) is 0 Å². The monoisotopic (exact) mass is 291 g/mol. The van der Waals surface area contributed by atoms with Gasteiger partial charge in [0.2, 0.25) is 0 Å². The molecule has 4 heteroatoms. The third-order valence-electron chi connectivity index (χ3n) is 3.69. The van der Waals surface area contributed by atoms with Gasteiger partial charge in [-0.3, -0.25) is 0 Å². The third kappa shape index (κ3) is 2.33. The topological polar surface area (TPSA) is 70.3 Å². The van der Waals surface area contributed by atoms with Crippen LogP contribution in [-0.4, -0.2) is 17.7 Å². The zero-order valence-electron chi connectivity index (χ0n) is 12.0. The molecule has 1 N–H and O–H groups in total. The lowest BCUT2D eigenvalue weighted by Crippen LogP contribution is -2.08. The molecule has 0 aromatic heterocycles. The van der Waals surface area contributed by atoms with Crippen molar-refractivity contribution in [1.82, 2.24) is 0 Å². The van der Waals surface area contributed by atoms with Crippen molar-refractivity contribution in [2.45, 2.75) is 6.92 Å². The fraction of sp³-hybridized carbons (Fsp3) is 0.111. The number of benzene rings is 2. The van der Waals surface area contributed by atoms with Crippen molar-refractivity contribution in [2.24, 2.45) is 0 Å². The Morgan fingerprint density at radius 1 is 1.23 bits per heavy atom. The van der Waals surface area contributed by atoms with Gasteiger partial charge in [0.15, 0.2) is 0 Å². The van der Waals surface area contributed by atoms with E-state index in [4.69, 9.17) is 15.1 Å². The van der Waals surface area contributed by atoms with Crippen LogP contribution in [-0.2, 0) is 0 Å². The summed E-state index contributed by atoms with van der Waals surface area (Å²) in [6.07, 6.45) is 1.93. The number of rotatable bonds is 2. The van der Waals surface area contributed by atoms with Gasteiger partial charge in [0.05, 0.1) is 17.2 Å². The van der Waals surface area contributed by atoms with Gasteiger partial charge in [-0.2, -0.15) is 5.26 Å². The second-order valence-electron chi connectivity index (χ2n) is 5.09. The highest BCUT2D eigenvalue weighted by Crippen LogP contribution is 2.36. The first kappa shape index (κ1) is 13.9. The van der Waals surface area contributed by atoms with Crippen LogP contribution in [0.2, 0.25) is 0 Å². The van der Waals surface area contributed by atoms with E-state index >= 15 is 0 Å². The molecule has 0 amide bonds. The molecule has 1 heterocycles. The van der Waals surface area contributed by atoms with E-state index in [9.17, 15) is 4.79 Å². The molecule has 0 fully saturated rings. The highest BCUT2D eigenvalue weighted by atomic mass is 16.5. The number of carbonyl (C=O) groups is 1. The fourth-order valence-electron chi connectivity index (χ4n) is 2.61. The molecule has 2 aromatic carbocycles. The Bertz CT molecular complexity index is 844. The third-order valence-corrected chi connectivity index (χ3v) is 3.69. The molecule has 1 aliphatic rings. The molecule has 0 unspecified atom stereocenters. The molecule has 0 atom stereocenters. The molecule has 0 radical (unpaired) electrons. The average molecular weight is 291 g/mol. The normalized spacial score (nSPS) is 12.6. The number of aromatic carboxylic acids is 1. The SMILES string of the molecule is Cc1cc(C#N)ccc1C1=CCOc2ccc(C(=O)O)cc21. The molecular formula is C18H13NO3. The maximum Gasteiger partial charge on any atom is 0.335 e. The van der Waals surface area contributed by atoms with Crippen LogP contribution < -0.4 is 4.74 Å². The summed E-state index contributed by atoms with van der Waals surface area (Å²) >= 11 is 0. The summed E-state index contributed by atoms with van der Waals surface area (Å²) < 4.78 is 5.57. The summed E-state index contributed by atoms with van der Waals surface area (Å²) in [5, 5.41) is 18.1. The summed E-state index contributed by atoms with van der Waals surface area (Å²) in [5.41, 5.74) is 4.48. The second-order valence-corrected chi connectivity index (χ2v) is 5.09. The van der Waals surface area contributed by atoms with Crippen molar-refractivity contribution < 1.29 is 14.6 Å². The molecule has 0 spiro atoms. The van der Waals surface area contributed by atoms with Crippen LogP contribution in [0.5, 0.6) is 5.75 Å². The lowest BCUT2D eigenvalue weighted by atomic mass is 9.90. The Morgan fingerprint density at radius 3 is 2.73 bits per heavy atom. The Balaban J connectivity index is 2.14. The lowest BCUT2D eigenvalue weighted by molar-refractivity contribution is 0.0697. The molecule has 3 rings (SSSR count). The maximum atomic E-state index is 11.2. The quantitative estimate of drug-likeness (QED) is 0.920. The Morgan fingerprint density at radius 2 is 2.05 bits per heavy atom. The van der Waals surface area contributed by atoms with Gasteiger partial charge < -0.3 is 9.84 Å². The van der Waals surface area contributed by atoms with E-state index in [0.717, 1.165) is 22.3 Å². The number of aryl methyl sites for hydroxylation is 1. The van der Waals surface area contributed by atoms with E-state index in [1.807, 2.05) is 25.1 Å². The van der Waals surface area contributed by atoms with Crippen molar-refractivity contribution in [3.8, 4) is 11.8 Å². The van der Waals surface area contributed by atoms with Gasteiger partial charge >= 0.3 is 5.97 Å². The predicted molar refractivity (Wildman–Crippen MR) is 81.9 cm³/mol. The van der Waals surface area contributed by atoms with Crippen LogP contribution in [0.15, 0.2) is 42.5 Å². The highest BCUT2D eigenvalue weighted by molar-refractivity contribution is 5.92. The number of ether oxygens (including phenoxy) is 1. The molecular weight excluding hydrogens is 278 g/mol. The smallest absolute Gasteiger partial charge is 0.335 e. The minimum absolute atomic E-state index is 0.224. The molecule has 0 aliphatic carbocycles. The minimum atomic E-state index is -0.968. The van der Waals surface area contributed by atoms with Crippen LogP contribution in [0.1, 0.15) is 32.6 Å². The van der Waals surface area contributed by atoms with E-state index in [0.29, 0.717) is 17.9 Å². The largest absolute Gasteiger partial charge is 0.489 e. The van der Waals surface area contributed by atoms with Crippen LogP contribution in [0.25, 0.3) is 5.57 Å². The molecule has 0 bridgehead atoms. The van der Waals surface area contributed by atoms with E-state index in [2.05, 4.69) is 6.07 Å². The van der Waals surface area contributed by atoms with Gasteiger partial charge in [-0.1, -0.05) is 6.07 Å². The van der Waals surface area contributed by atoms with Gasteiger partial charge in [0.1, 0.15) is 12.4 Å². The number of hydrogen-bond donors (Lipinski definition) is 1. The first-order valence-corrected chi connectivity index (χ1v) is 6.82. The minimum Gasteiger partial charge on any atom is -0.489 e.